The standard InChI is InChI=1S/C14H15NO3/c1-2-10(14(17)18)13(16)12-8-15-7-9-5-3-4-6-11(9)12/h3-8,10,13,16H,2H2,1H3,(H,17,18). The van der Waals surface area contributed by atoms with Crippen LogP contribution >= 0.6 is 0 Å². The second kappa shape index (κ2) is 5.14. The Hall–Kier alpha value is -1.94. The van der Waals surface area contributed by atoms with Crippen LogP contribution in [0, 0.1) is 5.92 Å². The number of hydrogen-bond acceptors (Lipinski definition) is 3. The Morgan fingerprint density at radius 3 is 2.72 bits per heavy atom. The quantitative estimate of drug-likeness (QED) is 0.867. The second-order valence-corrected chi connectivity index (χ2v) is 4.25. The van der Waals surface area contributed by atoms with E-state index in [2.05, 4.69) is 4.98 Å². The molecule has 0 aliphatic rings. The maximum absolute atomic E-state index is 11.1. The molecule has 2 aromatic rings. The summed E-state index contributed by atoms with van der Waals surface area (Å²) >= 11 is 0. The second-order valence-electron chi connectivity index (χ2n) is 4.25. The van der Waals surface area contributed by atoms with Gasteiger partial charge in [0.15, 0.2) is 0 Å². The summed E-state index contributed by atoms with van der Waals surface area (Å²) in [6, 6.07) is 7.50. The number of carboxylic acid groups (broad SMARTS) is 1. The van der Waals surface area contributed by atoms with E-state index in [0.717, 1.165) is 10.8 Å². The molecular weight excluding hydrogens is 230 g/mol. The highest BCUT2D eigenvalue weighted by molar-refractivity contribution is 5.85. The highest BCUT2D eigenvalue weighted by Gasteiger charge is 2.27. The van der Waals surface area contributed by atoms with Gasteiger partial charge < -0.3 is 10.2 Å². The number of hydrogen-bond donors (Lipinski definition) is 2. The minimum Gasteiger partial charge on any atom is -0.481 e. The first-order valence-electron chi connectivity index (χ1n) is 5.88. The van der Waals surface area contributed by atoms with Gasteiger partial charge in [-0.2, -0.15) is 0 Å². The van der Waals surface area contributed by atoms with Crippen LogP contribution in [0.5, 0.6) is 0 Å². The zero-order valence-corrected chi connectivity index (χ0v) is 10.1. The maximum Gasteiger partial charge on any atom is 0.309 e. The van der Waals surface area contributed by atoms with E-state index >= 15 is 0 Å². The summed E-state index contributed by atoms with van der Waals surface area (Å²) in [6.45, 7) is 1.75. The first kappa shape index (κ1) is 12.5. The molecule has 2 N–H and O–H groups in total. The molecule has 4 heteroatoms. The van der Waals surface area contributed by atoms with Crippen molar-refractivity contribution in [2.45, 2.75) is 19.4 Å². The normalized spacial score (nSPS) is 14.3. The lowest BCUT2D eigenvalue weighted by molar-refractivity contribution is -0.146. The van der Waals surface area contributed by atoms with Gasteiger partial charge in [-0.25, -0.2) is 0 Å². The number of aromatic nitrogens is 1. The Kier molecular flexibility index (Phi) is 3.58. The van der Waals surface area contributed by atoms with Crippen LogP contribution in [0.3, 0.4) is 0 Å². The molecule has 0 aliphatic heterocycles. The zero-order chi connectivity index (χ0) is 13.1. The van der Waals surface area contributed by atoms with Crippen molar-refractivity contribution in [1.82, 2.24) is 4.98 Å². The number of aliphatic hydroxyl groups is 1. The number of fused-ring (bicyclic) bond motifs is 1. The van der Waals surface area contributed by atoms with Crippen LogP contribution in [0.2, 0.25) is 0 Å². The summed E-state index contributed by atoms with van der Waals surface area (Å²) in [5.74, 6) is -1.80. The van der Waals surface area contributed by atoms with Crippen LogP contribution in [0.1, 0.15) is 25.0 Å². The van der Waals surface area contributed by atoms with Crippen LogP contribution in [0.25, 0.3) is 10.8 Å². The molecule has 2 rings (SSSR count). The predicted molar refractivity (Wildman–Crippen MR) is 68.1 cm³/mol. The lowest BCUT2D eigenvalue weighted by atomic mass is 9.92. The van der Waals surface area contributed by atoms with Crippen molar-refractivity contribution < 1.29 is 15.0 Å². The number of nitrogens with zero attached hydrogens (tertiary/aromatic N) is 1. The lowest BCUT2D eigenvalue weighted by Gasteiger charge is -2.19. The number of benzene rings is 1. The fraction of sp³-hybridized carbons (Fsp3) is 0.286. The summed E-state index contributed by atoms with van der Waals surface area (Å²) in [6.07, 6.45) is 2.58. The Morgan fingerprint density at radius 2 is 2.06 bits per heavy atom. The van der Waals surface area contributed by atoms with Crippen molar-refractivity contribution in [2.75, 3.05) is 0 Å². The summed E-state index contributed by atoms with van der Waals surface area (Å²) < 4.78 is 0. The lowest BCUT2D eigenvalue weighted by Crippen LogP contribution is -2.21. The van der Waals surface area contributed by atoms with Crippen molar-refractivity contribution in [3.63, 3.8) is 0 Å². The maximum atomic E-state index is 11.1. The minimum absolute atomic E-state index is 0.375. The molecule has 2 atom stereocenters. The zero-order valence-electron chi connectivity index (χ0n) is 10.1. The molecular formula is C14H15NO3. The Morgan fingerprint density at radius 1 is 1.33 bits per heavy atom. The highest BCUT2D eigenvalue weighted by atomic mass is 16.4. The third-order valence-corrected chi connectivity index (χ3v) is 3.16. The molecule has 1 aromatic heterocycles. The van der Waals surface area contributed by atoms with Gasteiger partial charge in [-0.1, -0.05) is 31.2 Å². The van der Waals surface area contributed by atoms with Crippen molar-refractivity contribution >= 4 is 16.7 Å². The largest absolute Gasteiger partial charge is 0.481 e. The molecule has 0 radical (unpaired) electrons. The van der Waals surface area contributed by atoms with Gasteiger partial charge in [0.25, 0.3) is 0 Å². The summed E-state index contributed by atoms with van der Waals surface area (Å²) in [4.78, 5) is 15.2. The molecule has 0 fully saturated rings. The molecule has 1 heterocycles. The van der Waals surface area contributed by atoms with Crippen LogP contribution in [0.15, 0.2) is 36.7 Å². The summed E-state index contributed by atoms with van der Waals surface area (Å²) in [5, 5.41) is 21.1. The number of rotatable bonds is 4. The summed E-state index contributed by atoms with van der Waals surface area (Å²) in [7, 11) is 0. The van der Waals surface area contributed by atoms with Gasteiger partial charge in [-0.05, 0) is 11.8 Å². The Bertz CT molecular complexity index is 562. The van der Waals surface area contributed by atoms with Crippen molar-refractivity contribution in [3.8, 4) is 0 Å². The van der Waals surface area contributed by atoms with Gasteiger partial charge in [0.1, 0.15) is 0 Å². The van der Waals surface area contributed by atoms with E-state index in [1.54, 1.807) is 19.3 Å². The molecule has 2 unspecified atom stereocenters. The molecule has 0 aliphatic carbocycles. The van der Waals surface area contributed by atoms with Crippen LogP contribution in [-0.4, -0.2) is 21.2 Å². The van der Waals surface area contributed by atoms with Crippen LogP contribution < -0.4 is 0 Å². The fourth-order valence-corrected chi connectivity index (χ4v) is 2.13. The Balaban J connectivity index is 2.50. The van der Waals surface area contributed by atoms with Crippen LogP contribution in [-0.2, 0) is 4.79 Å². The average molecular weight is 245 g/mol. The van der Waals surface area contributed by atoms with E-state index in [0.29, 0.717) is 12.0 Å². The number of aliphatic hydroxyl groups excluding tert-OH is 1. The molecule has 0 bridgehead atoms. The molecule has 0 saturated carbocycles. The number of aliphatic carboxylic acids is 1. The van der Waals surface area contributed by atoms with E-state index in [-0.39, 0.29) is 0 Å². The Labute approximate surface area is 105 Å². The monoisotopic (exact) mass is 245 g/mol. The average Bonchev–Trinajstić information content (AvgIpc) is 2.38. The SMILES string of the molecule is CCC(C(=O)O)C(O)c1cncc2ccccc12. The first-order chi connectivity index (χ1) is 8.65. The molecule has 4 nitrogen and oxygen atoms in total. The number of carbonyl (C=O) groups is 1. The molecule has 18 heavy (non-hydrogen) atoms. The van der Waals surface area contributed by atoms with E-state index in [4.69, 9.17) is 5.11 Å². The molecule has 0 saturated heterocycles. The van der Waals surface area contributed by atoms with Gasteiger partial charge in [0.05, 0.1) is 12.0 Å². The topological polar surface area (TPSA) is 70.4 Å². The smallest absolute Gasteiger partial charge is 0.309 e. The van der Waals surface area contributed by atoms with Crippen molar-refractivity contribution in [3.05, 3.63) is 42.2 Å². The van der Waals surface area contributed by atoms with Crippen LogP contribution in [0.4, 0.5) is 0 Å². The number of pyridine rings is 1. The van der Waals surface area contributed by atoms with Gasteiger partial charge in [-0.3, -0.25) is 9.78 Å². The minimum atomic E-state index is -1.04. The van der Waals surface area contributed by atoms with E-state index in [9.17, 15) is 9.90 Å². The molecule has 1 aromatic carbocycles. The number of carboxylic acids is 1. The van der Waals surface area contributed by atoms with Gasteiger partial charge >= 0.3 is 5.97 Å². The highest BCUT2D eigenvalue weighted by Crippen LogP contribution is 2.29. The van der Waals surface area contributed by atoms with E-state index in [1.807, 2.05) is 24.3 Å². The fourth-order valence-electron chi connectivity index (χ4n) is 2.13. The van der Waals surface area contributed by atoms with Crippen molar-refractivity contribution in [1.29, 1.82) is 0 Å². The van der Waals surface area contributed by atoms with Gasteiger partial charge in [0.2, 0.25) is 0 Å². The van der Waals surface area contributed by atoms with Gasteiger partial charge in [-0.15, -0.1) is 0 Å². The van der Waals surface area contributed by atoms with E-state index in [1.165, 1.54) is 0 Å². The molecule has 94 valence electrons. The van der Waals surface area contributed by atoms with E-state index < -0.39 is 18.0 Å². The predicted octanol–water partition coefficient (Wildman–Crippen LogP) is 2.38. The molecule has 0 spiro atoms. The van der Waals surface area contributed by atoms with Crippen molar-refractivity contribution in [2.24, 2.45) is 5.92 Å². The van der Waals surface area contributed by atoms with Gasteiger partial charge in [0, 0.05) is 23.3 Å². The third-order valence-electron chi connectivity index (χ3n) is 3.16. The first-order valence-corrected chi connectivity index (χ1v) is 5.88. The summed E-state index contributed by atoms with van der Waals surface area (Å²) in [5.41, 5.74) is 0.572. The molecule has 0 amide bonds. The third kappa shape index (κ3) is 2.19.